The highest BCUT2D eigenvalue weighted by atomic mass is 79.9. The topological polar surface area (TPSA) is 119 Å². The van der Waals surface area contributed by atoms with Gasteiger partial charge in [-0.25, -0.2) is 0 Å². The first-order valence-corrected chi connectivity index (χ1v) is 5.89. The lowest BCUT2D eigenvalue weighted by molar-refractivity contribution is -0.390. The van der Waals surface area contributed by atoms with Crippen LogP contribution in [0.4, 0.5) is 11.5 Å². The van der Waals surface area contributed by atoms with Gasteiger partial charge in [0.15, 0.2) is 5.69 Å². The number of aromatic amines is 1. The molecule has 0 aliphatic carbocycles. The number of hydrogen-bond donors (Lipinski definition) is 2. The summed E-state index contributed by atoms with van der Waals surface area (Å²) in [6.45, 7) is 1.78. The average Bonchev–Trinajstić information content (AvgIpc) is 2.87. The van der Waals surface area contributed by atoms with Crippen molar-refractivity contribution in [3.63, 3.8) is 0 Å². The summed E-state index contributed by atoms with van der Waals surface area (Å²) in [6, 6.07) is 0. The van der Waals surface area contributed by atoms with Crippen molar-refractivity contribution < 1.29 is 9.72 Å². The Labute approximate surface area is 115 Å². The van der Waals surface area contributed by atoms with Gasteiger partial charge in [0.05, 0.1) is 17.6 Å². The Hall–Kier alpha value is -2.23. The maximum Gasteiger partial charge on any atom is 0.357 e. The van der Waals surface area contributed by atoms with E-state index in [1.165, 1.54) is 6.20 Å². The molecule has 0 saturated heterocycles. The van der Waals surface area contributed by atoms with Crippen LogP contribution in [-0.2, 0) is 7.05 Å². The number of amides is 1. The zero-order chi connectivity index (χ0) is 14.2. The molecule has 9 nitrogen and oxygen atoms in total. The lowest BCUT2D eigenvalue weighted by Gasteiger charge is -2.01. The van der Waals surface area contributed by atoms with Crippen LogP contribution < -0.4 is 5.32 Å². The third-order valence-corrected chi connectivity index (χ3v) is 3.32. The second-order valence-corrected chi connectivity index (χ2v) is 4.51. The third-order valence-electron chi connectivity index (χ3n) is 2.57. The van der Waals surface area contributed by atoms with Gasteiger partial charge in [-0.3, -0.25) is 9.48 Å². The second-order valence-electron chi connectivity index (χ2n) is 3.71. The van der Waals surface area contributed by atoms with Crippen molar-refractivity contribution in [2.75, 3.05) is 5.32 Å². The predicted molar refractivity (Wildman–Crippen MR) is 68.8 cm³/mol. The van der Waals surface area contributed by atoms with Crippen LogP contribution in [0.2, 0.25) is 0 Å². The summed E-state index contributed by atoms with van der Waals surface area (Å²) in [5, 5.41) is 23.0. The zero-order valence-corrected chi connectivity index (χ0v) is 11.6. The van der Waals surface area contributed by atoms with E-state index in [1.54, 1.807) is 18.7 Å². The number of nitrogens with zero attached hydrogens (tertiary/aromatic N) is 4. The molecule has 0 aromatic carbocycles. The molecule has 0 saturated carbocycles. The standard InChI is InChI=1S/C9H9BrN6O3/c1-4-5(3-11-15(4)2)12-9(17)7-6(10)8(14-13-7)16(18)19/h3H,1-2H3,(H,12,17)(H,13,14). The molecule has 2 N–H and O–H groups in total. The molecule has 0 fully saturated rings. The fourth-order valence-electron chi connectivity index (χ4n) is 1.39. The molecule has 100 valence electrons. The molecule has 2 rings (SSSR count). The van der Waals surface area contributed by atoms with Gasteiger partial charge in [-0.1, -0.05) is 5.10 Å². The van der Waals surface area contributed by atoms with Crippen LogP contribution >= 0.6 is 15.9 Å². The largest absolute Gasteiger partial charge is 0.358 e. The van der Waals surface area contributed by atoms with Crippen LogP contribution in [0, 0.1) is 17.0 Å². The highest BCUT2D eigenvalue weighted by molar-refractivity contribution is 9.10. The van der Waals surface area contributed by atoms with Crippen LogP contribution in [0.1, 0.15) is 16.2 Å². The van der Waals surface area contributed by atoms with Crippen molar-refractivity contribution in [3.8, 4) is 0 Å². The lowest BCUT2D eigenvalue weighted by Crippen LogP contribution is -2.13. The van der Waals surface area contributed by atoms with Crippen LogP contribution in [0.25, 0.3) is 0 Å². The summed E-state index contributed by atoms with van der Waals surface area (Å²) in [6.07, 6.45) is 1.49. The first kappa shape index (κ1) is 13.2. The van der Waals surface area contributed by atoms with E-state index in [0.717, 1.165) is 5.69 Å². The van der Waals surface area contributed by atoms with Crippen molar-refractivity contribution >= 4 is 33.3 Å². The highest BCUT2D eigenvalue weighted by Gasteiger charge is 2.25. The molecule has 2 heterocycles. The van der Waals surface area contributed by atoms with Crippen molar-refractivity contribution in [2.24, 2.45) is 7.05 Å². The Kier molecular flexibility index (Phi) is 3.34. The predicted octanol–water partition coefficient (Wildman–Crippen LogP) is 1.37. The summed E-state index contributed by atoms with van der Waals surface area (Å²) >= 11 is 2.97. The number of rotatable bonds is 3. The zero-order valence-electron chi connectivity index (χ0n) is 9.97. The van der Waals surface area contributed by atoms with Crippen molar-refractivity contribution in [3.05, 3.63) is 32.2 Å². The van der Waals surface area contributed by atoms with E-state index in [-0.39, 0.29) is 16.0 Å². The van der Waals surface area contributed by atoms with E-state index in [9.17, 15) is 14.9 Å². The molecule has 2 aromatic rings. The van der Waals surface area contributed by atoms with Crippen molar-refractivity contribution in [2.45, 2.75) is 6.92 Å². The van der Waals surface area contributed by atoms with Gasteiger partial charge >= 0.3 is 5.82 Å². The average molecular weight is 329 g/mol. The lowest BCUT2D eigenvalue weighted by atomic mass is 10.3. The number of anilines is 1. The van der Waals surface area contributed by atoms with Gasteiger partial charge < -0.3 is 15.4 Å². The van der Waals surface area contributed by atoms with E-state index in [2.05, 4.69) is 36.5 Å². The Morgan fingerprint density at radius 2 is 2.32 bits per heavy atom. The number of hydrogen-bond acceptors (Lipinski definition) is 5. The maximum atomic E-state index is 11.9. The van der Waals surface area contributed by atoms with Crippen molar-refractivity contribution in [1.29, 1.82) is 0 Å². The SMILES string of the molecule is Cc1c(NC(=O)c2n[nH]c([N+](=O)[O-])c2Br)cnn1C. The molecular formula is C9H9BrN6O3. The van der Waals surface area contributed by atoms with Gasteiger partial charge in [-0.2, -0.15) is 5.10 Å². The van der Waals surface area contributed by atoms with E-state index >= 15 is 0 Å². The molecule has 0 aliphatic heterocycles. The first-order valence-electron chi connectivity index (χ1n) is 5.10. The second kappa shape index (κ2) is 4.80. The van der Waals surface area contributed by atoms with Gasteiger partial charge in [0, 0.05) is 7.05 Å². The van der Waals surface area contributed by atoms with Crippen LogP contribution in [0.15, 0.2) is 10.7 Å². The number of carbonyl (C=O) groups excluding carboxylic acids is 1. The van der Waals surface area contributed by atoms with Crippen LogP contribution in [-0.4, -0.2) is 30.8 Å². The number of H-pyrrole nitrogens is 1. The van der Waals surface area contributed by atoms with Gasteiger partial charge in [0.1, 0.15) is 4.47 Å². The Morgan fingerprint density at radius 3 is 2.79 bits per heavy atom. The molecule has 0 radical (unpaired) electrons. The van der Waals surface area contributed by atoms with Crippen LogP contribution in [0.3, 0.4) is 0 Å². The minimum Gasteiger partial charge on any atom is -0.358 e. The molecule has 0 spiro atoms. The molecule has 2 aromatic heterocycles. The van der Waals surface area contributed by atoms with E-state index in [4.69, 9.17) is 0 Å². The molecule has 0 atom stereocenters. The summed E-state index contributed by atoms with van der Waals surface area (Å²) in [4.78, 5) is 21.9. The number of nitrogens with one attached hydrogen (secondary N) is 2. The Bertz CT molecular complexity index is 661. The minimum absolute atomic E-state index is 0.0107. The number of aryl methyl sites for hydroxylation is 1. The summed E-state index contributed by atoms with van der Waals surface area (Å²) < 4.78 is 1.61. The Balaban J connectivity index is 2.26. The van der Waals surface area contributed by atoms with Gasteiger partial charge in [-0.05, 0) is 27.8 Å². The number of nitro groups is 1. The summed E-state index contributed by atoms with van der Waals surface area (Å²) in [7, 11) is 1.74. The molecule has 10 heteroatoms. The van der Waals surface area contributed by atoms with E-state index in [1.807, 2.05) is 0 Å². The smallest absolute Gasteiger partial charge is 0.357 e. The highest BCUT2D eigenvalue weighted by Crippen LogP contribution is 2.26. The Morgan fingerprint density at radius 1 is 1.63 bits per heavy atom. The summed E-state index contributed by atoms with van der Waals surface area (Å²) in [5.74, 6) is -0.930. The number of aromatic nitrogens is 4. The molecule has 0 unspecified atom stereocenters. The minimum atomic E-state index is -0.664. The van der Waals surface area contributed by atoms with Gasteiger partial charge in [0.2, 0.25) is 0 Å². The number of carbonyl (C=O) groups is 1. The van der Waals surface area contributed by atoms with Crippen molar-refractivity contribution in [1.82, 2.24) is 20.0 Å². The van der Waals surface area contributed by atoms with E-state index in [0.29, 0.717) is 5.69 Å². The number of halogens is 1. The molecule has 0 aliphatic rings. The quantitative estimate of drug-likeness (QED) is 0.651. The maximum absolute atomic E-state index is 11.9. The first-order chi connectivity index (χ1) is 8.91. The molecule has 1 amide bonds. The third kappa shape index (κ3) is 2.34. The monoisotopic (exact) mass is 328 g/mol. The fourth-order valence-corrected chi connectivity index (χ4v) is 1.90. The molecular weight excluding hydrogens is 320 g/mol. The fraction of sp³-hybridized carbons (Fsp3) is 0.222. The van der Waals surface area contributed by atoms with Gasteiger partial charge in [0.25, 0.3) is 5.91 Å². The molecule has 0 bridgehead atoms. The normalized spacial score (nSPS) is 10.5. The summed E-state index contributed by atoms with van der Waals surface area (Å²) in [5.41, 5.74) is 1.19. The van der Waals surface area contributed by atoms with Gasteiger partial charge in [-0.15, -0.1) is 5.10 Å². The molecule has 19 heavy (non-hydrogen) atoms. The van der Waals surface area contributed by atoms with E-state index < -0.39 is 10.8 Å². The van der Waals surface area contributed by atoms with Crippen LogP contribution in [0.5, 0.6) is 0 Å².